The van der Waals surface area contributed by atoms with E-state index in [1.807, 2.05) is 6.92 Å². The first-order valence-electron chi connectivity index (χ1n) is 7.06. The van der Waals surface area contributed by atoms with Gasteiger partial charge in [-0.1, -0.05) is 0 Å². The summed E-state index contributed by atoms with van der Waals surface area (Å²) in [4.78, 5) is 12.5. The minimum atomic E-state index is -0.263. The molecule has 120 valence electrons. The Hall–Kier alpha value is -2.89. The fourth-order valence-corrected chi connectivity index (χ4v) is 2.39. The maximum absolute atomic E-state index is 12.5. The quantitative estimate of drug-likeness (QED) is 0.939. The zero-order valence-electron chi connectivity index (χ0n) is 13.1. The molecule has 23 heavy (non-hydrogen) atoms. The van der Waals surface area contributed by atoms with Gasteiger partial charge >= 0.3 is 0 Å². The molecule has 0 fully saturated rings. The van der Waals surface area contributed by atoms with E-state index in [1.165, 1.54) is 0 Å². The molecule has 0 bridgehead atoms. The highest BCUT2D eigenvalue weighted by Gasteiger charge is 2.16. The summed E-state index contributed by atoms with van der Waals surface area (Å²) in [6.45, 7) is 2.07. The van der Waals surface area contributed by atoms with Crippen LogP contribution in [0.15, 0.2) is 30.3 Å². The highest BCUT2D eigenvalue weighted by Crippen LogP contribution is 2.35. The lowest BCUT2D eigenvalue weighted by Gasteiger charge is -2.13. The minimum Gasteiger partial charge on any atom is -0.496 e. The maximum Gasteiger partial charge on any atom is 0.255 e. The van der Waals surface area contributed by atoms with E-state index >= 15 is 0 Å². The molecule has 1 heterocycles. The molecule has 2 aromatic carbocycles. The number of ether oxygens (including phenoxy) is 4. The molecule has 0 atom stereocenters. The molecule has 1 N–H and O–H groups in total. The van der Waals surface area contributed by atoms with E-state index in [-0.39, 0.29) is 12.7 Å². The number of benzene rings is 2. The molecular weight excluding hydrogens is 298 g/mol. The molecule has 0 aromatic heterocycles. The summed E-state index contributed by atoms with van der Waals surface area (Å²) in [6.07, 6.45) is 0. The van der Waals surface area contributed by atoms with Crippen molar-refractivity contribution >= 4 is 11.6 Å². The third-order valence-corrected chi connectivity index (χ3v) is 3.64. The van der Waals surface area contributed by atoms with Gasteiger partial charge in [-0.15, -0.1) is 0 Å². The van der Waals surface area contributed by atoms with Gasteiger partial charge in [-0.2, -0.15) is 0 Å². The Balaban J connectivity index is 1.86. The fraction of sp³-hybridized carbons (Fsp3) is 0.235. The van der Waals surface area contributed by atoms with Crippen LogP contribution in [-0.2, 0) is 0 Å². The lowest BCUT2D eigenvalue weighted by Crippen LogP contribution is -2.12. The second-order valence-electron chi connectivity index (χ2n) is 5.03. The lowest BCUT2D eigenvalue weighted by molar-refractivity contribution is 0.102. The highest BCUT2D eigenvalue weighted by molar-refractivity contribution is 6.05. The number of anilines is 1. The predicted octanol–water partition coefficient (Wildman–Crippen LogP) is 2.99. The second-order valence-corrected chi connectivity index (χ2v) is 5.03. The van der Waals surface area contributed by atoms with Crippen molar-refractivity contribution in [1.82, 2.24) is 0 Å². The van der Waals surface area contributed by atoms with E-state index in [4.69, 9.17) is 18.9 Å². The number of methoxy groups -OCH3 is 2. The van der Waals surface area contributed by atoms with E-state index in [1.54, 1.807) is 44.6 Å². The molecule has 0 radical (unpaired) electrons. The Bertz CT molecular complexity index is 732. The Morgan fingerprint density at radius 2 is 1.70 bits per heavy atom. The zero-order valence-corrected chi connectivity index (χ0v) is 13.1. The van der Waals surface area contributed by atoms with Crippen LogP contribution in [0.3, 0.4) is 0 Å². The Kier molecular flexibility index (Phi) is 3.97. The van der Waals surface area contributed by atoms with Crippen molar-refractivity contribution in [2.75, 3.05) is 26.3 Å². The van der Waals surface area contributed by atoms with Crippen LogP contribution in [0.4, 0.5) is 5.69 Å². The summed E-state index contributed by atoms with van der Waals surface area (Å²) < 4.78 is 21.1. The van der Waals surface area contributed by atoms with Crippen molar-refractivity contribution in [2.24, 2.45) is 0 Å². The third-order valence-electron chi connectivity index (χ3n) is 3.64. The summed E-state index contributed by atoms with van der Waals surface area (Å²) in [5, 5.41) is 2.82. The molecule has 6 nitrogen and oxygen atoms in total. The first-order chi connectivity index (χ1) is 11.1. The highest BCUT2D eigenvalue weighted by atomic mass is 16.7. The van der Waals surface area contributed by atoms with Crippen molar-refractivity contribution in [3.8, 4) is 23.0 Å². The van der Waals surface area contributed by atoms with Gasteiger partial charge in [-0.05, 0) is 31.2 Å². The van der Waals surface area contributed by atoms with Crippen molar-refractivity contribution in [3.63, 3.8) is 0 Å². The molecule has 0 saturated heterocycles. The topological polar surface area (TPSA) is 66.0 Å². The van der Waals surface area contributed by atoms with Gasteiger partial charge in [0.05, 0.1) is 14.2 Å². The fourth-order valence-electron chi connectivity index (χ4n) is 2.39. The summed E-state index contributed by atoms with van der Waals surface area (Å²) >= 11 is 0. The normalized spacial score (nSPS) is 12.0. The SMILES string of the molecule is COc1cc(C(=O)Nc2ccc3c(c2)OCO3)cc(OC)c1C. The van der Waals surface area contributed by atoms with Crippen molar-refractivity contribution in [3.05, 3.63) is 41.5 Å². The average Bonchev–Trinajstić information content (AvgIpc) is 3.02. The molecular formula is C17H17NO5. The van der Waals surface area contributed by atoms with E-state index in [9.17, 15) is 4.79 Å². The van der Waals surface area contributed by atoms with E-state index < -0.39 is 0 Å². The first-order valence-corrected chi connectivity index (χ1v) is 7.06. The second kappa shape index (κ2) is 6.08. The van der Waals surface area contributed by atoms with Gasteiger partial charge in [0, 0.05) is 22.9 Å². The number of nitrogens with one attached hydrogen (secondary N) is 1. The van der Waals surface area contributed by atoms with Gasteiger partial charge in [0.15, 0.2) is 11.5 Å². The standard InChI is InChI=1S/C17H17NO5/c1-10-14(20-2)6-11(7-15(10)21-3)17(19)18-12-4-5-13-16(8-12)23-9-22-13/h4-8H,9H2,1-3H3,(H,18,19). The van der Waals surface area contributed by atoms with Crippen LogP contribution >= 0.6 is 0 Å². The number of hydrogen-bond acceptors (Lipinski definition) is 5. The van der Waals surface area contributed by atoms with Crippen molar-refractivity contribution in [2.45, 2.75) is 6.92 Å². The number of amides is 1. The number of carbonyl (C=O) groups is 1. The van der Waals surface area contributed by atoms with Crippen molar-refractivity contribution < 1.29 is 23.7 Å². The molecule has 2 aromatic rings. The summed E-state index contributed by atoms with van der Waals surface area (Å²) in [7, 11) is 3.11. The summed E-state index contributed by atoms with van der Waals surface area (Å²) in [6, 6.07) is 8.60. The van der Waals surface area contributed by atoms with E-state index in [2.05, 4.69) is 5.32 Å². The van der Waals surface area contributed by atoms with Crippen molar-refractivity contribution in [1.29, 1.82) is 0 Å². The molecule has 3 rings (SSSR count). The molecule has 1 aliphatic rings. The van der Waals surface area contributed by atoms with Gasteiger partial charge in [-0.25, -0.2) is 0 Å². The maximum atomic E-state index is 12.5. The number of carbonyl (C=O) groups excluding carboxylic acids is 1. The summed E-state index contributed by atoms with van der Waals surface area (Å²) in [5.41, 5.74) is 1.91. The van der Waals surface area contributed by atoms with Crippen LogP contribution < -0.4 is 24.3 Å². The average molecular weight is 315 g/mol. The molecule has 0 saturated carbocycles. The number of fused-ring (bicyclic) bond motifs is 1. The molecule has 1 amide bonds. The lowest BCUT2D eigenvalue weighted by atomic mass is 10.1. The van der Waals surface area contributed by atoms with Crippen LogP contribution in [0, 0.1) is 6.92 Å². The Morgan fingerprint density at radius 1 is 1.04 bits per heavy atom. The van der Waals surface area contributed by atoms with Gasteiger partial charge in [-0.3, -0.25) is 4.79 Å². The predicted molar refractivity (Wildman–Crippen MR) is 84.8 cm³/mol. The smallest absolute Gasteiger partial charge is 0.255 e. The summed E-state index contributed by atoms with van der Waals surface area (Å²) in [5.74, 6) is 2.21. The Morgan fingerprint density at radius 3 is 2.35 bits per heavy atom. The first kappa shape index (κ1) is 15.0. The largest absolute Gasteiger partial charge is 0.496 e. The van der Waals surface area contributed by atoms with E-state index in [0.29, 0.717) is 34.2 Å². The Labute approximate surface area is 133 Å². The van der Waals surface area contributed by atoms with Gasteiger partial charge in [0.2, 0.25) is 6.79 Å². The monoisotopic (exact) mass is 315 g/mol. The van der Waals surface area contributed by atoms with Crippen LogP contribution in [0.5, 0.6) is 23.0 Å². The zero-order chi connectivity index (χ0) is 16.4. The third kappa shape index (κ3) is 2.88. The molecule has 1 aliphatic heterocycles. The minimum absolute atomic E-state index is 0.194. The van der Waals surface area contributed by atoms with Gasteiger partial charge in [0.1, 0.15) is 11.5 Å². The van der Waals surface area contributed by atoms with Gasteiger partial charge in [0.25, 0.3) is 5.91 Å². The molecule has 0 spiro atoms. The molecule has 0 aliphatic carbocycles. The van der Waals surface area contributed by atoms with E-state index in [0.717, 1.165) is 5.56 Å². The number of rotatable bonds is 4. The molecule has 6 heteroatoms. The van der Waals surface area contributed by atoms with Crippen LogP contribution in [0.2, 0.25) is 0 Å². The van der Waals surface area contributed by atoms with Gasteiger partial charge < -0.3 is 24.3 Å². The van der Waals surface area contributed by atoms with Crippen LogP contribution in [-0.4, -0.2) is 26.9 Å². The van der Waals surface area contributed by atoms with Crippen LogP contribution in [0.1, 0.15) is 15.9 Å². The molecule has 0 unspecified atom stereocenters. The number of hydrogen-bond donors (Lipinski definition) is 1. The van der Waals surface area contributed by atoms with Crippen LogP contribution in [0.25, 0.3) is 0 Å².